The number of aryl methyl sites for hydroxylation is 2. The molecule has 1 heterocycles. The molecule has 0 spiro atoms. The molecule has 1 saturated heterocycles. The number of benzene rings is 1. The molecule has 2 rings (SSSR count). The molecule has 1 fully saturated rings. The number of hydrogen-bond donors (Lipinski definition) is 1. The molecule has 1 unspecified atom stereocenters. The van der Waals surface area contributed by atoms with Crippen molar-refractivity contribution in [1.82, 2.24) is 5.32 Å². The monoisotopic (exact) mass is 267 g/mol. The molecule has 0 amide bonds. The zero-order chi connectivity index (χ0) is 14.2. The number of alkyl halides is 2. The Bertz CT molecular complexity index is 448. The Morgan fingerprint density at radius 1 is 1.05 bits per heavy atom. The van der Waals surface area contributed by atoms with Crippen LogP contribution in [0.25, 0.3) is 0 Å². The second-order valence-electron chi connectivity index (χ2n) is 5.76. The van der Waals surface area contributed by atoms with E-state index in [1.165, 1.54) is 0 Å². The van der Waals surface area contributed by atoms with Crippen molar-refractivity contribution in [2.75, 3.05) is 6.54 Å². The van der Waals surface area contributed by atoms with Crippen molar-refractivity contribution in [3.8, 4) is 0 Å². The van der Waals surface area contributed by atoms with Crippen molar-refractivity contribution in [3.05, 3.63) is 33.9 Å². The molecule has 1 aromatic carbocycles. The van der Waals surface area contributed by atoms with Crippen LogP contribution in [-0.4, -0.2) is 12.6 Å². The lowest BCUT2D eigenvalue weighted by Crippen LogP contribution is -2.46. The van der Waals surface area contributed by atoms with Crippen LogP contribution in [0.15, 0.2) is 6.07 Å². The third kappa shape index (κ3) is 2.53. The zero-order valence-electron chi connectivity index (χ0n) is 12.2. The fraction of sp³-hybridized carbons (Fsp3) is 0.625. The Morgan fingerprint density at radius 3 is 2.11 bits per heavy atom. The molecule has 1 aromatic rings. The van der Waals surface area contributed by atoms with Gasteiger partial charge < -0.3 is 5.32 Å². The van der Waals surface area contributed by atoms with Gasteiger partial charge >= 0.3 is 0 Å². The van der Waals surface area contributed by atoms with Gasteiger partial charge in [0.05, 0.1) is 6.04 Å². The van der Waals surface area contributed by atoms with Crippen LogP contribution in [0.3, 0.4) is 0 Å². The summed E-state index contributed by atoms with van der Waals surface area (Å²) in [5.41, 5.74) is 3.62. The van der Waals surface area contributed by atoms with E-state index < -0.39 is 12.0 Å². The Morgan fingerprint density at radius 2 is 1.63 bits per heavy atom. The third-order valence-electron chi connectivity index (χ3n) is 4.45. The first kappa shape index (κ1) is 14.4. The molecule has 1 atom stereocenters. The third-order valence-corrected chi connectivity index (χ3v) is 4.45. The van der Waals surface area contributed by atoms with E-state index in [0.29, 0.717) is 13.0 Å². The smallest absolute Gasteiger partial charge is 0.288 e. The molecule has 0 bridgehead atoms. The molecule has 1 aliphatic heterocycles. The van der Waals surface area contributed by atoms with Crippen LogP contribution in [0.1, 0.15) is 47.1 Å². The highest BCUT2D eigenvalue weighted by Gasteiger charge is 2.44. The summed E-state index contributed by atoms with van der Waals surface area (Å²) in [6, 6.07) is 1.28. The van der Waals surface area contributed by atoms with Gasteiger partial charge in [0.2, 0.25) is 0 Å². The maximum Gasteiger partial charge on any atom is 0.288 e. The van der Waals surface area contributed by atoms with Gasteiger partial charge in [-0.1, -0.05) is 12.5 Å². The van der Waals surface area contributed by atoms with Crippen LogP contribution in [0.4, 0.5) is 8.78 Å². The number of piperidine rings is 1. The van der Waals surface area contributed by atoms with E-state index in [1.54, 1.807) is 0 Å². The summed E-state index contributed by atoms with van der Waals surface area (Å²) >= 11 is 0. The SMILES string of the molecule is Cc1cc(C)c(C)c(C(F)(F)C2CCCCN2)c1C. The largest absolute Gasteiger partial charge is 0.308 e. The maximum atomic E-state index is 14.9. The van der Waals surface area contributed by atoms with Gasteiger partial charge in [0.15, 0.2) is 0 Å². The number of hydrogen-bond acceptors (Lipinski definition) is 1. The number of halogens is 2. The van der Waals surface area contributed by atoms with Crippen LogP contribution < -0.4 is 5.32 Å². The molecule has 1 nitrogen and oxygen atoms in total. The van der Waals surface area contributed by atoms with E-state index in [-0.39, 0.29) is 5.56 Å². The highest BCUT2D eigenvalue weighted by atomic mass is 19.3. The fourth-order valence-electron chi connectivity index (χ4n) is 3.05. The van der Waals surface area contributed by atoms with Gasteiger partial charge in [-0.05, 0) is 69.3 Å². The van der Waals surface area contributed by atoms with Crippen molar-refractivity contribution in [2.24, 2.45) is 0 Å². The average molecular weight is 267 g/mol. The first-order chi connectivity index (χ1) is 8.85. The first-order valence-electron chi connectivity index (χ1n) is 7.04. The Hall–Kier alpha value is -0.960. The summed E-state index contributed by atoms with van der Waals surface area (Å²) in [5, 5.41) is 3.00. The standard InChI is InChI=1S/C16H23F2N/c1-10-9-11(2)13(4)15(12(10)3)16(17,18)14-7-5-6-8-19-14/h9,14,19H,5-8H2,1-4H3. The van der Waals surface area contributed by atoms with Gasteiger partial charge in [-0.25, -0.2) is 0 Å². The average Bonchev–Trinajstić information content (AvgIpc) is 2.37. The summed E-state index contributed by atoms with van der Waals surface area (Å²) in [4.78, 5) is 0. The molecule has 106 valence electrons. The lowest BCUT2D eigenvalue weighted by Gasteiger charge is -2.34. The van der Waals surface area contributed by atoms with Gasteiger partial charge in [0.25, 0.3) is 5.92 Å². The Balaban J connectivity index is 2.50. The predicted molar refractivity (Wildman–Crippen MR) is 74.9 cm³/mol. The summed E-state index contributed by atoms with van der Waals surface area (Å²) in [5.74, 6) is -2.79. The van der Waals surface area contributed by atoms with E-state index in [4.69, 9.17) is 0 Å². The van der Waals surface area contributed by atoms with Crippen molar-refractivity contribution in [2.45, 2.75) is 58.9 Å². The van der Waals surface area contributed by atoms with Crippen molar-refractivity contribution < 1.29 is 8.78 Å². The fourth-order valence-corrected chi connectivity index (χ4v) is 3.05. The van der Waals surface area contributed by atoms with Crippen LogP contribution in [0.2, 0.25) is 0 Å². The second kappa shape index (κ2) is 5.20. The lowest BCUT2D eigenvalue weighted by atomic mass is 9.85. The van der Waals surface area contributed by atoms with Gasteiger partial charge in [0, 0.05) is 5.56 Å². The van der Waals surface area contributed by atoms with E-state index in [9.17, 15) is 8.78 Å². The van der Waals surface area contributed by atoms with E-state index >= 15 is 0 Å². The molecule has 19 heavy (non-hydrogen) atoms. The molecule has 3 heteroatoms. The van der Waals surface area contributed by atoms with Gasteiger partial charge in [0.1, 0.15) is 0 Å². The molecule has 0 radical (unpaired) electrons. The summed E-state index contributed by atoms with van der Waals surface area (Å²) in [7, 11) is 0. The Labute approximate surface area is 114 Å². The number of rotatable bonds is 2. The maximum absolute atomic E-state index is 14.9. The summed E-state index contributed by atoms with van der Waals surface area (Å²) in [6.07, 6.45) is 2.44. The number of nitrogens with one attached hydrogen (secondary N) is 1. The molecule has 0 aliphatic carbocycles. The molecule has 0 aromatic heterocycles. The molecule has 1 aliphatic rings. The van der Waals surface area contributed by atoms with Crippen molar-refractivity contribution in [1.29, 1.82) is 0 Å². The molecular formula is C16H23F2N. The van der Waals surface area contributed by atoms with Gasteiger partial charge in [-0.2, -0.15) is 8.78 Å². The normalized spacial score (nSPS) is 20.6. The second-order valence-corrected chi connectivity index (χ2v) is 5.76. The molecular weight excluding hydrogens is 244 g/mol. The minimum absolute atomic E-state index is 0.240. The van der Waals surface area contributed by atoms with E-state index in [1.807, 2.05) is 33.8 Å². The minimum atomic E-state index is -2.79. The van der Waals surface area contributed by atoms with Crippen LogP contribution in [0.5, 0.6) is 0 Å². The predicted octanol–water partition coefficient (Wildman–Crippen LogP) is 4.15. The van der Waals surface area contributed by atoms with Crippen LogP contribution >= 0.6 is 0 Å². The van der Waals surface area contributed by atoms with E-state index in [0.717, 1.165) is 35.1 Å². The first-order valence-corrected chi connectivity index (χ1v) is 7.04. The quantitative estimate of drug-likeness (QED) is 0.848. The topological polar surface area (TPSA) is 12.0 Å². The zero-order valence-corrected chi connectivity index (χ0v) is 12.2. The van der Waals surface area contributed by atoms with Crippen LogP contribution in [-0.2, 0) is 5.92 Å². The lowest BCUT2D eigenvalue weighted by molar-refractivity contribution is -0.0523. The van der Waals surface area contributed by atoms with Gasteiger partial charge in [-0.15, -0.1) is 0 Å². The molecule has 0 saturated carbocycles. The van der Waals surface area contributed by atoms with E-state index in [2.05, 4.69) is 5.32 Å². The van der Waals surface area contributed by atoms with Crippen LogP contribution in [0, 0.1) is 27.7 Å². The molecule has 1 N–H and O–H groups in total. The van der Waals surface area contributed by atoms with Gasteiger partial charge in [-0.3, -0.25) is 0 Å². The highest BCUT2D eigenvalue weighted by Crippen LogP contribution is 2.40. The summed E-state index contributed by atoms with van der Waals surface area (Å²) in [6.45, 7) is 8.15. The van der Waals surface area contributed by atoms with Crippen molar-refractivity contribution in [3.63, 3.8) is 0 Å². The Kier molecular flexibility index (Phi) is 3.95. The minimum Gasteiger partial charge on any atom is -0.308 e. The van der Waals surface area contributed by atoms with Crippen molar-refractivity contribution >= 4 is 0 Å². The highest BCUT2D eigenvalue weighted by molar-refractivity contribution is 5.47. The summed E-state index contributed by atoms with van der Waals surface area (Å²) < 4.78 is 29.7.